The van der Waals surface area contributed by atoms with Crippen LogP contribution in [0.3, 0.4) is 0 Å². The van der Waals surface area contributed by atoms with Gasteiger partial charge in [-0.1, -0.05) is 36.4 Å². The highest BCUT2D eigenvalue weighted by Gasteiger charge is 2.09. The Kier molecular flexibility index (Phi) is 6.97. The molecule has 0 amide bonds. The number of phenolic OH excluding ortho intramolecular Hbond substituents is 2. The predicted molar refractivity (Wildman–Crippen MR) is 146 cm³/mol. The van der Waals surface area contributed by atoms with Crippen LogP contribution in [0.1, 0.15) is 11.1 Å². The second kappa shape index (κ2) is 10.8. The van der Waals surface area contributed by atoms with Crippen molar-refractivity contribution >= 4 is 69.3 Å². The number of para-hydroxylation sites is 2. The first-order chi connectivity index (χ1) is 17.7. The zero-order valence-corrected chi connectivity index (χ0v) is 20.3. The number of hydrogen-bond acceptors (Lipinski definition) is 10. The highest BCUT2D eigenvalue weighted by molar-refractivity contribution is 7.00. The van der Waals surface area contributed by atoms with Gasteiger partial charge in [-0.2, -0.15) is 17.5 Å². The summed E-state index contributed by atoms with van der Waals surface area (Å²) in [5.41, 5.74) is 5.77. The van der Waals surface area contributed by atoms with Gasteiger partial charge >= 0.3 is 0 Å². The number of rotatable bonds is 4. The number of aromatic hydroxyl groups is 2. The average molecular weight is 511 g/mol. The van der Waals surface area contributed by atoms with Gasteiger partial charge < -0.3 is 10.2 Å². The SMILES string of the molecule is Oc1ccc2nsnc2c1C=Nc1ccccc1.Oc1ccc2nsnc2c1C=Nc1ccccc1. The monoisotopic (exact) mass is 510 g/mol. The Bertz CT molecular complexity index is 1540. The van der Waals surface area contributed by atoms with E-state index in [9.17, 15) is 10.2 Å². The summed E-state index contributed by atoms with van der Waals surface area (Å²) in [7, 11) is 0. The Morgan fingerprint density at radius 2 is 0.944 bits per heavy atom. The van der Waals surface area contributed by atoms with Gasteiger partial charge in [-0.3, -0.25) is 9.98 Å². The fourth-order valence-electron chi connectivity index (χ4n) is 3.28. The molecule has 0 bridgehead atoms. The van der Waals surface area contributed by atoms with Crippen LogP contribution in [0.15, 0.2) is 94.9 Å². The Labute approximate surface area is 214 Å². The fourth-order valence-corrected chi connectivity index (χ4v) is 4.38. The van der Waals surface area contributed by atoms with Crippen LogP contribution in [0.25, 0.3) is 22.1 Å². The largest absolute Gasteiger partial charge is 0.507 e. The van der Waals surface area contributed by atoms with Gasteiger partial charge in [0, 0.05) is 12.4 Å². The molecule has 0 aliphatic carbocycles. The van der Waals surface area contributed by atoms with Crippen molar-refractivity contribution in [3.63, 3.8) is 0 Å². The third-order valence-corrected chi connectivity index (χ3v) is 6.17. The van der Waals surface area contributed by atoms with E-state index in [0.717, 1.165) is 45.9 Å². The minimum atomic E-state index is 0.162. The molecule has 36 heavy (non-hydrogen) atoms. The molecule has 2 N–H and O–H groups in total. The number of hydrogen-bond donors (Lipinski definition) is 2. The Hall–Kier alpha value is -4.54. The summed E-state index contributed by atoms with van der Waals surface area (Å²) in [5, 5.41) is 19.7. The van der Waals surface area contributed by atoms with Gasteiger partial charge in [0.05, 0.1) is 46.0 Å². The molecule has 0 unspecified atom stereocenters. The van der Waals surface area contributed by atoms with E-state index in [1.54, 1.807) is 36.7 Å². The average Bonchev–Trinajstić information content (AvgIpc) is 3.59. The number of fused-ring (bicyclic) bond motifs is 2. The Morgan fingerprint density at radius 3 is 1.36 bits per heavy atom. The van der Waals surface area contributed by atoms with Crippen molar-refractivity contribution in [1.29, 1.82) is 0 Å². The summed E-state index contributed by atoms with van der Waals surface area (Å²) in [6, 6.07) is 25.8. The van der Waals surface area contributed by atoms with Crippen LogP contribution >= 0.6 is 23.5 Å². The summed E-state index contributed by atoms with van der Waals surface area (Å²) in [4.78, 5) is 8.64. The van der Waals surface area contributed by atoms with Crippen molar-refractivity contribution in [2.45, 2.75) is 0 Å². The molecular formula is C26H18N6O2S2. The van der Waals surface area contributed by atoms with Crippen LogP contribution < -0.4 is 0 Å². The molecule has 4 aromatic carbocycles. The van der Waals surface area contributed by atoms with Gasteiger partial charge in [0.15, 0.2) is 0 Å². The maximum atomic E-state index is 9.85. The van der Waals surface area contributed by atoms with E-state index in [4.69, 9.17) is 0 Å². The molecule has 0 fully saturated rings. The Balaban J connectivity index is 0.000000148. The second-order valence-corrected chi connectivity index (χ2v) is 8.51. The number of aromatic nitrogens is 4. The molecule has 0 radical (unpaired) electrons. The van der Waals surface area contributed by atoms with Crippen molar-refractivity contribution < 1.29 is 10.2 Å². The van der Waals surface area contributed by atoms with Gasteiger partial charge in [0.25, 0.3) is 0 Å². The van der Waals surface area contributed by atoms with Gasteiger partial charge in [0.2, 0.25) is 0 Å². The highest BCUT2D eigenvalue weighted by atomic mass is 32.1. The number of phenols is 2. The summed E-state index contributed by atoms with van der Waals surface area (Å²) >= 11 is 2.25. The molecule has 0 aliphatic heterocycles. The normalized spacial score (nSPS) is 11.3. The molecule has 0 spiro atoms. The molecular weight excluding hydrogens is 492 g/mol. The van der Waals surface area contributed by atoms with Crippen molar-refractivity contribution in [2.75, 3.05) is 0 Å². The van der Waals surface area contributed by atoms with E-state index >= 15 is 0 Å². The summed E-state index contributed by atoms with van der Waals surface area (Å²) in [6.45, 7) is 0. The standard InChI is InChI=1S/2C13H9N3OS/c2*17-12-7-6-11-13(16-18-15-11)10(12)8-14-9-4-2-1-3-5-9/h2*1-8,17H. The minimum Gasteiger partial charge on any atom is -0.507 e. The lowest BCUT2D eigenvalue weighted by atomic mass is 10.2. The van der Waals surface area contributed by atoms with Gasteiger partial charge in [-0.05, 0) is 48.5 Å². The first-order valence-corrected chi connectivity index (χ1v) is 12.2. The molecule has 0 atom stereocenters. The quantitative estimate of drug-likeness (QED) is 0.269. The van der Waals surface area contributed by atoms with E-state index in [1.165, 1.54) is 0 Å². The van der Waals surface area contributed by atoms with E-state index in [-0.39, 0.29) is 11.5 Å². The van der Waals surface area contributed by atoms with E-state index in [1.807, 2.05) is 60.7 Å². The lowest BCUT2D eigenvalue weighted by Gasteiger charge is -1.98. The molecule has 8 nitrogen and oxygen atoms in total. The topological polar surface area (TPSA) is 117 Å². The lowest BCUT2D eigenvalue weighted by Crippen LogP contribution is -1.85. The van der Waals surface area contributed by atoms with Crippen molar-refractivity contribution in [1.82, 2.24) is 17.5 Å². The van der Waals surface area contributed by atoms with E-state index in [2.05, 4.69) is 27.5 Å². The third-order valence-electron chi connectivity index (χ3n) is 5.09. The molecule has 0 saturated heterocycles. The van der Waals surface area contributed by atoms with Crippen molar-refractivity contribution in [3.05, 3.63) is 96.1 Å². The van der Waals surface area contributed by atoms with Crippen LogP contribution in [-0.2, 0) is 0 Å². The van der Waals surface area contributed by atoms with Crippen LogP contribution in [0, 0.1) is 0 Å². The summed E-state index contributed by atoms with van der Waals surface area (Å²) in [6.07, 6.45) is 3.24. The smallest absolute Gasteiger partial charge is 0.126 e. The molecule has 0 saturated carbocycles. The number of benzene rings is 4. The number of aliphatic imine (C=N–C) groups is 2. The molecule has 0 aliphatic rings. The van der Waals surface area contributed by atoms with E-state index < -0.39 is 0 Å². The van der Waals surface area contributed by atoms with Crippen LogP contribution in [0.4, 0.5) is 11.4 Å². The Morgan fingerprint density at radius 1 is 0.528 bits per heavy atom. The van der Waals surface area contributed by atoms with Gasteiger partial charge in [-0.15, -0.1) is 0 Å². The first kappa shape index (κ1) is 23.2. The summed E-state index contributed by atoms with van der Waals surface area (Å²) in [5.74, 6) is 0.324. The molecule has 2 aromatic heterocycles. The van der Waals surface area contributed by atoms with Gasteiger partial charge in [0.1, 0.15) is 33.6 Å². The van der Waals surface area contributed by atoms with Crippen LogP contribution in [0.5, 0.6) is 11.5 Å². The molecule has 2 heterocycles. The zero-order chi connectivity index (χ0) is 24.7. The minimum absolute atomic E-state index is 0.162. The first-order valence-electron chi connectivity index (χ1n) is 10.8. The van der Waals surface area contributed by atoms with Crippen molar-refractivity contribution in [2.24, 2.45) is 9.98 Å². The third kappa shape index (κ3) is 5.24. The molecule has 176 valence electrons. The molecule has 6 rings (SSSR count). The zero-order valence-electron chi connectivity index (χ0n) is 18.6. The molecule has 10 heteroatoms. The van der Waals surface area contributed by atoms with Crippen LogP contribution in [0.2, 0.25) is 0 Å². The number of nitrogens with zero attached hydrogens (tertiary/aromatic N) is 6. The summed E-state index contributed by atoms with van der Waals surface area (Å²) < 4.78 is 16.6. The van der Waals surface area contributed by atoms with Gasteiger partial charge in [-0.25, -0.2) is 0 Å². The highest BCUT2D eigenvalue weighted by Crippen LogP contribution is 2.26. The second-order valence-electron chi connectivity index (χ2n) is 7.45. The maximum Gasteiger partial charge on any atom is 0.126 e. The predicted octanol–water partition coefficient (Wildman–Crippen LogP) is 6.30. The fraction of sp³-hybridized carbons (Fsp3) is 0. The van der Waals surface area contributed by atoms with Crippen LogP contribution in [-0.4, -0.2) is 40.1 Å². The van der Waals surface area contributed by atoms with Crippen molar-refractivity contribution in [3.8, 4) is 11.5 Å². The maximum absolute atomic E-state index is 9.85. The van der Waals surface area contributed by atoms with E-state index in [0.29, 0.717) is 22.2 Å². The molecule has 6 aromatic rings. The lowest BCUT2D eigenvalue weighted by molar-refractivity contribution is 0.474.